The van der Waals surface area contributed by atoms with Crippen LogP contribution in [0.3, 0.4) is 0 Å². The topological polar surface area (TPSA) is 61.4 Å². The van der Waals surface area contributed by atoms with E-state index in [1.807, 2.05) is 17.2 Å². The van der Waals surface area contributed by atoms with Gasteiger partial charge in [-0.05, 0) is 19.8 Å². The minimum atomic E-state index is 0.251. The average Bonchev–Trinajstić information content (AvgIpc) is 3.28. The quantitative estimate of drug-likeness (QED) is 0.656. The van der Waals surface area contributed by atoms with Crippen LogP contribution in [0.15, 0.2) is 30.3 Å². The van der Waals surface area contributed by atoms with Gasteiger partial charge >= 0.3 is 0 Å². The zero-order chi connectivity index (χ0) is 17.1. The van der Waals surface area contributed by atoms with Gasteiger partial charge < -0.3 is 4.57 Å². The Labute approximate surface area is 146 Å². The summed E-state index contributed by atoms with van der Waals surface area (Å²) in [6.45, 7) is 8.67. The molecule has 0 radical (unpaired) electrons. The van der Waals surface area contributed by atoms with Crippen LogP contribution in [0.2, 0.25) is 0 Å². The Morgan fingerprint density at radius 1 is 1.12 bits per heavy atom. The third-order valence-corrected chi connectivity index (χ3v) is 5.07. The molecule has 0 aromatic carbocycles. The Morgan fingerprint density at radius 3 is 2.62 bits per heavy atom. The van der Waals surface area contributed by atoms with E-state index in [-0.39, 0.29) is 6.04 Å². The van der Waals surface area contributed by atoms with Gasteiger partial charge in [0.05, 0.1) is 28.8 Å². The molecular weight excluding hydrogens is 320 g/mol. The van der Waals surface area contributed by atoms with Crippen molar-refractivity contribution in [1.29, 1.82) is 0 Å². The summed E-state index contributed by atoms with van der Waals surface area (Å²) in [6, 6.07) is 0.571. The van der Waals surface area contributed by atoms with E-state index in [1.165, 1.54) is 5.69 Å². The van der Waals surface area contributed by atoms with E-state index in [2.05, 4.69) is 59.1 Å². The normalized spacial score (nSPS) is 14.2. The molecule has 0 N–H and O–H groups in total. The van der Waals surface area contributed by atoms with Crippen molar-refractivity contribution < 1.29 is 0 Å². The zero-order valence-electron chi connectivity index (χ0n) is 14.6. The molecule has 128 valence electrons. The molecule has 0 aliphatic rings. The highest BCUT2D eigenvalue weighted by atomic mass is 32.1. The van der Waals surface area contributed by atoms with E-state index >= 15 is 0 Å². The number of aromatic nitrogens is 6. The van der Waals surface area contributed by atoms with Crippen LogP contribution >= 0.6 is 11.3 Å². The van der Waals surface area contributed by atoms with Gasteiger partial charge in [0.25, 0.3) is 0 Å². The average molecular weight is 344 g/mol. The molecular formula is C17H24N6S. The SMILES string of the molecule is CC(C)c1csc(CC(C)n2cc(CC(C)n3ccnc3)nn2)n1. The van der Waals surface area contributed by atoms with Crippen molar-refractivity contribution in [3.63, 3.8) is 0 Å². The van der Waals surface area contributed by atoms with E-state index in [9.17, 15) is 0 Å². The molecule has 0 bridgehead atoms. The van der Waals surface area contributed by atoms with Gasteiger partial charge in [0.1, 0.15) is 0 Å². The molecule has 0 fully saturated rings. The molecule has 0 spiro atoms. The smallest absolute Gasteiger partial charge is 0.0949 e. The Morgan fingerprint density at radius 2 is 1.96 bits per heavy atom. The monoisotopic (exact) mass is 344 g/mol. The molecule has 0 aliphatic carbocycles. The first-order valence-corrected chi connectivity index (χ1v) is 9.23. The molecule has 6 nitrogen and oxygen atoms in total. The maximum absolute atomic E-state index is 4.71. The van der Waals surface area contributed by atoms with Gasteiger partial charge in [-0.1, -0.05) is 19.1 Å². The zero-order valence-corrected chi connectivity index (χ0v) is 15.4. The van der Waals surface area contributed by atoms with Crippen molar-refractivity contribution in [3.8, 4) is 0 Å². The lowest BCUT2D eigenvalue weighted by atomic mass is 10.1. The summed E-state index contributed by atoms with van der Waals surface area (Å²) in [5.41, 5.74) is 2.18. The number of thiazole rings is 1. The highest BCUT2D eigenvalue weighted by molar-refractivity contribution is 7.09. The number of hydrogen-bond acceptors (Lipinski definition) is 5. The second-order valence-electron chi connectivity index (χ2n) is 6.63. The predicted molar refractivity (Wildman–Crippen MR) is 95.3 cm³/mol. The van der Waals surface area contributed by atoms with Crippen LogP contribution in [-0.2, 0) is 12.8 Å². The second kappa shape index (κ2) is 7.25. The van der Waals surface area contributed by atoms with E-state index in [4.69, 9.17) is 4.98 Å². The lowest BCUT2D eigenvalue weighted by molar-refractivity contribution is 0.473. The van der Waals surface area contributed by atoms with Gasteiger partial charge in [0, 0.05) is 42.9 Å². The Kier molecular flexibility index (Phi) is 5.08. The van der Waals surface area contributed by atoms with Crippen LogP contribution in [-0.4, -0.2) is 29.5 Å². The van der Waals surface area contributed by atoms with Gasteiger partial charge in [-0.3, -0.25) is 0 Å². The molecule has 3 aromatic rings. The van der Waals surface area contributed by atoms with Gasteiger partial charge in [0.15, 0.2) is 0 Å². The minimum absolute atomic E-state index is 0.251. The van der Waals surface area contributed by atoms with Crippen molar-refractivity contribution in [3.05, 3.63) is 46.7 Å². The van der Waals surface area contributed by atoms with Crippen LogP contribution in [0.1, 0.15) is 62.1 Å². The maximum Gasteiger partial charge on any atom is 0.0949 e. The van der Waals surface area contributed by atoms with Crippen molar-refractivity contribution in [1.82, 2.24) is 29.5 Å². The Balaban J connectivity index is 1.61. The third kappa shape index (κ3) is 3.90. The van der Waals surface area contributed by atoms with Crippen LogP contribution in [0, 0.1) is 0 Å². The number of hydrogen-bond donors (Lipinski definition) is 0. The van der Waals surface area contributed by atoms with Crippen molar-refractivity contribution in [2.24, 2.45) is 0 Å². The molecule has 2 unspecified atom stereocenters. The van der Waals surface area contributed by atoms with Crippen molar-refractivity contribution in [2.75, 3.05) is 0 Å². The molecule has 0 amide bonds. The van der Waals surface area contributed by atoms with Gasteiger partial charge in [-0.2, -0.15) is 0 Å². The molecule has 2 atom stereocenters. The highest BCUT2D eigenvalue weighted by Crippen LogP contribution is 2.22. The van der Waals surface area contributed by atoms with E-state index in [0.29, 0.717) is 12.0 Å². The van der Waals surface area contributed by atoms with Crippen LogP contribution in [0.5, 0.6) is 0 Å². The lowest BCUT2D eigenvalue weighted by Crippen LogP contribution is -2.09. The minimum Gasteiger partial charge on any atom is -0.334 e. The van der Waals surface area contributed by atoms with Crippen molar-refractivity contribution in [2.45, 2.75) is 58.5 Å². The first-order chi connectivity index (χ1) is 11.5. The fourth-order valence-corrected chi connectivity index (χ4v) is 3.67. The summed E-state index contributed by atoms with van der Waals surface area (Å²) in [6.07, 6.45) is 9.40. The van der Waals surface area contributed by atoms with Gasteiger partial charge in [-0.25, -0.2) is 14.6 Å². The number of nitrogens with zero attached hydrogens (tertiary/aromatic N) is 6. The predicted octanol–water partition coefficient (Wildman–Crippen LogP) is 3.66. The molecule has 7 heteroatoms. The lowest BCUT2D eigenvalue weighted by Gasteiger charge is -2.11. The standard InChI is InChI=1S/C17H24N6S/c1-12(2)16-10-24-17(19-16)8-14(4)23-9-15(20-21-23)7-13(3)22-6-5-18-11-22/h5-6,9-14H,7-8H2,1-4H3. The third-order valence-electron chi connectivity index (χ3n) is 4.18. The van der Waals surface area contributed by atoms with Crippen LogP contribution < -0.4 is 0 Å². The summed E-state index contributed by atoms with van der Waals surface area (Å²) >= 11 is 1.73. The summed E-state index contributed by atoms with van der Waals surface area (Å²) < 4.78 is 4.04. The molecule has 0 saturated heterocycles. The van der Waals surface area contributed by atoms with E-state index in [1.54, 1.807) is 17.5 Å². The largest absolute Gasteiger partial charge is 0.334 e. The maximum atomic E-state index is 4.71. The summed E-state index contributed by atoms with van der Waals surface area (Å²) in [5.74, 6) is 0.480. The molecule has 3 aromatic heterocycles. The molecule has 0 aliphatic heterocycles. The van der Waals surface area contributed by atoms with Gasteiger partial charge in [-0.15, -0.1) is 16.4 Å². The fourth-order valence-electron chi connectivity index (χ4n) is 2.59. The van der Waals surface area contributed by atoms with E-state index < -0.39 is 0 Å². The summed E-state index contributed by atoms with van der Waals surface area (Å²) in [7, 11) is 0. The fraction of sp³-hybridized carbons (Fsp3) is 0.529. The van der Waals surface area contributed by atoms with Crippen molar-refractivity contribution >= 4 is 11.3 Å². The Hall–Kier alpha value is -2.02. The summed E-state index contributed by atoms with van der Waals surface area (Å²) in [5, 5.41) is 12.0. The summed E-state index contributed by atoms with van der Waals surface area (Å²) in [4.78, 5) is 8.81. The van der Waals surface area contributed by atoms with E-state index in [0.717, 1.165) is 23.5 Å². The molecule has 3 rings (SSSR count). The first-order valence-electron chi connectivity index (χ1n) is 8.35. The van der Waals surface area contributed by atoms with Crippen LogP contribution in [0.25, 0.3) is 0 Å². The molecule has 3 heterocycles. The second-order valence-corrected chi connectivity index (χ2v) is 7.57. The molecule has 24 heavy (non-hydrogen) atoms. The van der Waals surface area contributed by atoms with Gasteiger partial charge in [0.2, 0.25) is 0 Å². The highest BCUT2D eigenvalue weighted by Gasteiger charge is 2.14. The molecule has 0 saturated carbocycles. The van der Waals surface area contributed by atoms with Crippen LogP contribution in [0.4, 0.5) is 0 Å². The Bertz CT molecular complexity index is 758. The number of imidazole rings is 1. The number of rotatable bonds is 7. The first kappa shape index (κ1) is 16.8.